The molecule has 3 aromatic rings. The van der Waals surface area contributed by atoms with Gasteiger partial charge in [-0.15, -0.1) is 0 Å². The number of hydrogen-bond acceptors (Lipinski definition) is 9. The third kappa shape index (κ3) is 5.91. The summed E-state index contributed by atoms with van der Waals surface area (Å²) in [6.07, 6.45) is 7.24. The average Bonchev–Trinajstić information content (AvgIpc) is 3.35. The molecule has 192 valence electrons. The minimum atomic E-state index is -0.385. The predicted molar refractivity (Wildman–Crippen MR) is 137 cm³/mol. The molecule has 9 nitrogen and oxygen atoms in total. The summed E-state index contributed by atoms with van der Waals surface area (Å²) in [6, 6.07) is 4.36. The maximum absolute atomic E-state index is 14.1. The highest BCUT2D eigenvalue weighted by molar-refractivity contribution is 7.19. The van der Waals surface area contributed by atoms with Gasteiger partial charge in [0, 0.05) is 26.1 Å². The fourth-order valence-corrected chi connectivity index (χ4v) is 5.59. The van der Waals surface area contributed by atoms with Gasteiger partial charge in [-0.3, -0.25) is 4.79 Å². The lowest BCUT2D eigenvalue weighted by atomic mass is 9.95. The zero-order valence-electron chi connectivity index (χ0n) is 20.3. The molecule has 2 atom stereocenters. The molecule has 1 aliphatic heterocycles. The molecule has 11 heteroatoms. The zero-order chi connectivity index (χ0) is 24.9. The van der Waals surface area contributed by atoms with Crippen LogP contribution in [-0.2, 0) is 4.74 Å². The second-order valence-electron chi connectivity index (χ2n) is 9.33. The van der Waals surface area contributed by atoms with Crippen LogP contribution in [0, 0.1) is 11.7 Å². The molecule has 3 N–H and O–H groups in total. The second kappa shape index (κ2) is 11.4. The highest BCUT2D eigenvalue weighted by Crippen LogP contribution is 2.34. The largest absolute Gasteiger partial charge is 0.488 e. The van der Waals surface area contributed by atoms with Crippen molar-refractivity contribution in [2.45, 2.75) is 50.7 Å². The number of fused-ring (bicyclic) bond motifs is 1. The lowest BCUT2D eigenvalue weighted by Gasteiger charge is -2.29. The van der Waals surface area contributed by atoms with Gasteiger partial charge in [-0.2, -0.15) is 0 Å². The first-order chi connectivity index (χ1) is 17.6. The topological polar surface area (TPSA) is 110 Å². The van der Waals surface area contributed by atoms with Gasteiger partial charge in [-0.05, 0) is 63.2 Å². The standard InChI is InChI=1S/C25H31FN6O3S/c1-34-17-3-2-4-18(12-17)35-20-11-16(26)5-6-19(20)31-22-21-24(30-14-29-22)36-25(32-21)23(33)28-13-15-7-9-27-10-8-15/h5-6,11,14-15,17-18,27H,2-4,7-10,12-13H2,1H3,(H,28,33)(H,29,30,31)/t17-,18+/m0/s1. The van der Waals surface area contributed by atoms with Gasteiger partial charge in [0.15, 0.2) is 10.8 Å². The minimum Gasteiger partial charge on any atom is -0.488 e. The number of piperidine rings is 1. The van der Waals surface area contributed by atoms with E-state index in [9.17, 15) is 9.18 Å². The van der Waals surface area contributed by atoms with Crippen molar-refractivity contribution in [3.63, 3.8) is 0 Å². The number of halogens is 1. The van der Waals surface area contributed by atoms with Crippen molar-refractivity contribution in [2.75, 3.05) is 32.1 Å². The molecule has 1 aliphatic carbocycles. The summed E-state index contributed by atoms with van der Waals surface area (Å²) in [6.45, 7) is 2.60. The molecule has 1 aromatic carbocycles. The number of amides is 1. The summed E-state index contributed by atoms with van der Waals surface area (Å²) < 4.78 is 25.8. The Labute approximate surface area is 213 Å². The summed E-state index contributed by atoms with van der Waals surface area (Å²) >= 11 is 1.22. The van der Waals surface area contributed by atoms with Crippen LogP contribution in [0.1, 0.15) is 48.3 Å². The van der Waals surface area contributed by atoms with E-state index in [4.69, 9.17) is 9.47 Å². The summed E-state index contributed by atoms with van der Waals surface area (Å²) in [5, 5.41) is 9.90. The minimum absolute atomic E-state index is 0.0639. The van der Waals surface area contributed by atoms with E-state index in [0.29, 0.717) is 45.1 Å². The van der Waals surface area contributed by atoms with Crippen LogP contribution in [0.15, 0.2) is 24.5 Å². The van der Waals surface area contributed by atoms with Crippen molar-refractivity contribution in [2.24, 2.45) is 5.92 Å². The van der Waals surface area contributed by atoms with E-state index in [1.54, 1.807) is 13.2 Å². The van der Waals surface area contributed by atoms with E-state index in [1.807, 2.05) is 0 Å². The number of nitrogens with zero attached hydrogens (tertiary/aromatic N) is 3. The van der Waals surface area contributed by atoms with E-state index in [-0.39, 0.29) is 23.9 Å². The molecule has 5 rings (SSSR count). The van der Waals surface area contributed by atoms with Crippen molar-refractivity contribution in [1.29, 1.82) is 0 Å². The molecule has 1 amide bonds. The van der Waals surface area contributed by atoms with Gasteiger partial charge in [-0.1, -0.05) is 11.3 Å². The summed E-state index contributed by atoms with van der Waals surface area (Å²) in [4.78, 5) is 26.5. The quantitative estimate of drug-likeness (QED) is 0.413. The predicted octanol–water partition coefficient (Wildman–Crippen LogP) is 4.03. The Bertz CT molecular complexity index is 1200. The number of benzene rings is 1. The van der Waals surface area contributed by atoms with E-state index < -0.39 is 0 Å². The molecule has 0 spiro atoms. The highest BCUT2D eigenvalue weighted by Gasteiger charge is 2.25. The van der Waals surface area contributed by atoms with Crippen molar-refractivity contribution < 1.29 is 18.7 Å². The number of ether oxygens (including phenoxy) is 2. The smallest absolute Gasteiger partial charge is 0.280 e. The molecule has 1 saturated heterocycles. The summed E-state index contributed by atoms with van der Waals surface area (Å²) in [5.74, 6) is 0.714. The van der Waals surface area contributed by atoms with Crippen LogP contribution >= 0.6 is 11.3 Å². The normalized spacial score (nSPS) is 20.8. The maximum Gasteiger partial charge on any atom is 0.280 e. The molecule has 2 fully saturated rings. The van der Waals surface area contributed by atoms with Crippen LogP contribution < -0.4 is 20.7 Å². The first-order valence-corrected chi connectivity index (χ1v) is 13.3. The van der Waals surface area contributed by atoms with E-state index >= 15 is 0 Å². The zero-order valence-corrected chi connectivity index (χ0v) is 21.1. The molecule has 1 saturated carbocycles. The van der Waals surface area contributed by atoms with Gasteiger partial charge in [0.05, 0.1) is 11.8 Å². The van der Waals surface area contributed by atoms with Gasteiger partial charge in [-0.25, -0.2) is 19.3 Å². The lowest BCUT2D eigenvalue weighted by molar-refractivity contribution is 0.0211. The second-order valence-corrected chi connectivity index (χ2v) is 10.3. The maximum atomic E-state index is 14.1. The Morgan fingerprint density at radius 1 is 1.19 bits per heavy atom. The van der Waals surface area contributed by atoms with Crippen molar-refractivity contribution in [3.8, 4) is 5.75 Å². The number of methoxy groups -OCH3 is 1. The summed E-state index contributed by atoms with van der Waals surface area (Å²) in [5.41, 5.74) is 1.06. The third-order valence-electron chi connectivity index (χ3n) is 6.80. The van der Waals surface area contributed by atoms with Crippen molar-refractivity contribution >= 4 is 39.1 Å². The SMILES string of the molecule is CO[C@H]1CCC[C@@H](Oc2cc(F)ccc2Nc2ncnc3sc(C(=O)NCC4CCNCC4)nc23)C1. The average molecular weight is 515 g/mol. The molecular weight excluding hydrogens is 483 g/mol. The van der Waals surface area contributed by atoms with Gasteiger partial charge in [0.2, 0.25) is 0 Å². The van der Waals surface area contributed by atoms with Crippen LogP contribution in [-0.4, -0.2) is 59.8 Å². The number of nitrogens with one attached hydrogen (secondary N) is 3. The molecule has 36 heavy (non-hydrogen) atoms. The first-order valence-electron chi connectivity index (χ1n) is 12.5. The van der Waals surface area contributed by atoms with Gasteiger partial charge < -0.3 is 25.4 Å². The lowest BCUT2D eigenvalue weighted by Crippen LogP contribution is -2.35. The molecule has 0 radical (unpaired) electrons. The number of anilines is 2. The van der Waals surface area contributed by atoms with E-state index in [0.717, 1.165) is 51.6 Å². The Morgan fingerprint density at radius 3 is 2.86 bits per heavy atom. The van der Waals surface area contributed by atoms with E-state index in [2.05, 4.69) is 30.9 Å². The number of hydrogen-bond donors (Lipinski definition) is 3. The molecule has 0 bridgehead atoms. The molecule has 2 aromatic heterocycles. The number of thiazole rings is 1. The number of rotatable bonds is 8. The Kier molecular flexibility index (Phi) is 7.88. The molecule has 0 unspecified atom stereocenters. The fraction of sp³-hybridized carbons (Fsp3) is 0.520. The number of carbonyl (C=O) groups is 1. The number of carbonyl (C=O) groups excluding carboxylic acids is 1. The van der Waals surface area contributed by atoms with Crippen LogP contribution in [0.25, 0.3) is 10.3 Å². The number of aromatic nitrogens is 3. The molecule has 2 aliphatic rings. The van der Waals surface area contributed by atoms with Crippen molar-refractivity contribution in [1.82, 2.24) is 25.6 Å². The van der Waals surface area contributed by atoms with Gasteiger partial charge >= 0.3 is 0 Å². The Balaban J connectivity index is 1.32. The monoisotopic (exact) mass is 514 g/mol. The summed E-state index contributed by atoms with van der Waals surface area (Å²) in [7, 11) is 1.71. The van der Waals surface area contributed by atoms with E-state index in [1.165, 1.54) is 29.8 Å². The fourth-order valence-electron chi connectivity index (χ4n) is 4.77. The van der Waals surface area contributed by atoms with Gasteiger partial charge in [0.25, 0.3) is 5.91 Å². The van der Waals surface area contributed by atoms with Crippen LogP contribution in [0.5, 0.6) is 5.75 Å². The Hall–Kier alpha value is -2.89. The third-order valence-corrected chi connectivity index (χ3v) is 7.76. The van der Waals surface area contributed by atoms with Crippen LogP contribution in [0.3, 0.4) is 0 Å². The Morgan fingerprint density at radius 2 is 2.03 bits per heavy atom. The highest BCUT2D eigenvalue weighted by atomic mass is 32.1. The molecule has 3 heterocycles. The molecular formula is C25H31FN6O3S. The van der Waals surface area contributed by atoms with Crippen molar-refractivity contribution in [3.05, 3.63) is 35.4 Å². The first kappa shape index (κ1) is 24.8. The van der Waals surface area contributed by atoms with Crippen LogP contribution in [0.4, 0.5) is 15.9 Å². The van der Waals surface area contributed by atoms with Crippen LogP contribution in [0.2, 0.25) is 0 Å². The van der Waals surface area contributed by atoms with Gasteiger partial charge in [0.1, 0.15) is 34.3 Å².